The average Bonchev–Trinajstić information content (AvgIpc) is 2.24. The molecule has 0 rings (SSSR count). The maximum absolute atomic E-state index is 12.6. The maximum Gasteiger partial charge on any atom is 0.399 e. The van der Waals surface area contributed by atoms with Crippen molar-refractivity contribution in [3.8, 4) is 0 Å². The number of nitrogens with zero attached hydrogens (tertiary/aromatic N) is 1. The van der Waals surface area contributed by atoms with Crippen LogP contribution in [0.25, 0.3) is 0 Å². The molecule has 0 bridgehead atoms. The number of thiocarbonyl (C=S) groups is 1. The molecule has 0 aliphatic heterocycles. The van der Waals surface area contributed by atoms with E-state index in [-0.39, 0.29) is 12.5 Å². The van der Waals surface area contributed by atoms with Gasteiger partial charge in [-0.15, -0.1) is 0 Å². The van der Waals surface area contributed by atoms with E-state index >= 15 is 0 Å². The van der Waals surface area contributed by atoms with Crippen molar-refractivity contribution in [2.45, 2.75) is 6.18 Å². The maximum atomic E-state index is 12.6. The van der Waals surface area contributed by atoms with E-state index in [1.165, 1.54) is 19.1 Å². The molecule has 0 heterocycles. The van der Waals surface area contributed by atoms with Gasteiger partial charge in [-0.2, -0.15) is 13.2 Å². The summed E-state index contributed by atoms with van der Waals surface area (Å²) >= 11 is 4.40. The van der Waals surface area contributed by atoms with Gasteiger partial charge in [-0.05, 0) is 7.05 Å². The van der Waals surface area contributed by atoms with E-state index in [9.17, 15) is 18.0 Å². The van der Waals surface area contributed by atoms with Gasteiger partial charge in [-0.25, -0.2) is 0 Å². The second-order valence-electron chi connectivity index (χ2n) is 4.04. The van der Waals surface area contributed by atoms with Crippen LogP contribution < -0.4 is 11.1 Å². The first kappa shape index (κ1) is 18.1. The van der Waals surface area contributed by atoms with E-state index in [1.54, 1.807) is 0 Å². The average molecular weight is 301 g/mol. The lowest BCUT2D eigenvalue weighted by Gasteiger charge is -2.24. The first-order valence-corrected chi connectivity index (χ1v) is 5.89. The minimum atomic E-state index is -4.51. The van der Waals surface area contributed by atoms with Gasteiger partial charge in [0.15, 0.2) is 0 Å². The Morgan fingerprint density at radius 3 is 2.53 bits per heavy atom. The molecule has 5 nitrogen and oxygen atoms in total. The molecule has 1 amide bonds. The predicted octanol–water partition coefficient (Wildman–Crippen LogP) is 0.145. The highest BCUT2D eigenvalue weighted by Crippen LogP contribution is 2.27. The van der Waals surface area contributed by atoms with Crippen LogP contribution in [-0.2, 0) is 9.53 Å². The third kappa shape index (κ3) is 7.96. The summed E-state index contributed by atoms with van der Waals surface area (Å²) in [6.07, 6.45) is -4.51. The number of methoxy groups -OCH3 is 1. The van der Waals surface area contributed by atoms with Gasteiger partial charge >= 0.3 is 6.18 Å². The lowest BCUT2D eigenvalue weighted by atomic mass is 10.1. The first-order chi connectivity index (χ1) is 8.68. The number of rotatable bonds is 8. The predicted molar refractivity (Wildman–Crippen MR) is 68.7 cm³/mol. The molecule has 0 saturated carbocycles. The van der Waals surface area contributed by atoms with Crippen LogP contribution in [0.4, 0.5) is 13.2 Å². The number of likely N-dealkylation sites (N-methyl/N-ethyl adjacent to an activating group) is 1. The van der Waals surface area contributed by atoms with E-state index in [0.717, 1.165) is 0 Å². The first-order valence-electron chi connectivity index (χ1n) is 5.48. The molecule has 0 aromatic heterocycles. The molecule has 112 valence electrons. The molecule has 0 aliphatic rings. The normalized spacial score (nSPS) is 13.4. The molecule has 0 aromatic carbocycles. The van der Waals surface area contributed by atoms with Crippen molar-refractivity contribution >= 4 is 23.1 Å². The summed E-state index contributed by atoms with van der Waals surface area (Å²) in [6.45, 7) is 0.0319. The van der Waals surface area contributed by atoms with Crippen molar-refractivity contribution in [1.82, 2.24) is 10.2 Å². The van der Waals surface area contributed by atoms with Crippen LogP contribution in [0.3, 0.4) is 0 Å². The van der Waals surface area contributed by atoms with Gasteiger partial charge < -0.3 is 15.8 Å². The fourth-order valence-corrected chi connectivity index (χ4v) is 1.53. The Balaban J connectivity index is 4.24. The highest BCUT2D eigenvalue weighted by atomic mass is 32.1. The number of nitrogens with two attached hydrogens (primary N) is 1. The quantitative estimate of drug-likeness (QED) is 0.493. The van der Waals surface area contributed by atoms with Crippen molar-refractivity contribution in [2.75, 3.05) is 40.4 Å². The van der Waals surface area contributed by atoms with Crippen LogP contribution in [0, 0.1) is 5.92 Å². The van der Waals surface area contributed by atoms with Gasteiger partial charge in [0.25, 0.3) is 0 Å². The molecule has 9 heteroatoms. The Morgan fingerprint density at radius 2 is 2.11 bits per heavy atom. The molecular formula is C10H18F3N3O2S. The van der Waals surface area contributed by atoms with Gasteiger partial charge in [-0.1, -0.05) is 12.2 Å². The Bertz CT molecular complexity index is 313. The van der Waals surface area contributed by atoms with Crippen LogP contribution in [0.2, 0.25) is 0 Å². The van der Waals surface area contributed by atoms with Crippen molar-refractivity contribution < 1.29 is 22.7 Å². The molecule has 3 N–H and O–H groups in total. The summed E-state index contributed by atoms with van der Waals surface area (Å²) in [7, 11) is 2.88. The second-order valence-corrected chi connectivity index (χ2v) is 4.51. The largest absolute Gasteiger partial charge is 0.399 e. The zero-order valence-corrected chi connectivity index (χ0v) is 11.6. The Labute approximate surface area is 115 Å². The van der Waals surface area contributed by atoms with Crippen molar-refractivity contribution in [3.63, 3.8) is 0 Å². The Hall–Kier alpha value is -0.930. The summed E-state index contributed by atoms with van der Waals surface area (Å²) < 4.78 is 42.5. The molecule has 0 aliphatic carbocycles. The number of ether oxygens (including phenoxy) is 1. The zero-order valence-electron chi connectivity index (χ0n) is 10.8. The van der Waals surface area contributed by atoms with Crippen molar-refractivity contribution in [2.24, 2.45) is 11.7 Å². The van der Waals surface area contributed by atoms with Gasteiger partial charge in [-0.3, -0.25) is 9.69 Å². The molecule has 0 fully saturated rings. The number of nitrogens with one attached hydrogen (secondary N) is 1. The molecule has 0 radical (unpaired) electrons. The zero-order chi connectivity index (χ0) is 15.1. The molecular weight excluding hydrogens is 283 g/mol. The van der Waals surface area contributed by atoms with Gasteiger partial charge in [0.05, 0.1) is 18.1 Å². The van der Waals surface area contributed by atoms with E-state index in [2.05, 4.69) is 17.5 Å². The summed E-state index contributed by atoms with van der Waals surface area (Å²) in [5, 5.41) is 2.50. The summed E-state index contributed by atoms with van der Waals surface area (Å²) in [6, 6.07) is 0. The number of halogens is 3. The Morgan fingerprint density at radius 1 is 1.53 bits per heavy atom. The number of carbonyl (C=O) groups excluding carboxylic acids is 1. The molecule has 0 spiro atoms. The van der Waals surface area contributed by atoms with Crippen LogP contribution in [-0.4, -0.2) is 62.4 Å². The number of hydrogen-bond donors (Lipinski definition) is 2. The van der Waals surface area contributed by atoms with E-state index in [0.29, 0.717) is 13.2 Å². The number of carbonyl (C=O) groups is 1. The van der Waals surface area contributed by atoms with Gasteiger partial charge in [0.2, 0.25) is 5.91 Å². The fraction of sp³-hybridized carbons (Fsp3) is 0.800. The van der Waals surface area contributed by atoms with Gasteiger partial charge in [0, 0.05) is 20.2 Å². The Kier molecular flexibility index (Phi) is 7.88. The summed E-state index contributed by atoms with van der Waals surface area (Å²) in [4.78, 5) is 12.0. The smallest absolute Gasteiger partial charge is 0.393 e. The molecule has 1 unspecified atom stereocenters. The molecule has 1 atom stereocenters. The fourth-order valence-electron chi connectivity index (χ4n) is 1.32. The molecule has 0 aromatic rings. The van der Waals surface area contributed by atoms with Crippen LogP contribution in [0.5, 0.6) is 0 Å². The van der Waals surface area contributed by atoms with E-state index < -0.39 is 23.6 Å². The van der Waals surface area contributed by atoms with Crippen LogP contribution in [0.1, 0.15) is 0 Å². The third-order valence-electron chi connectivity index (χ3n) is 2.27. The summed E-state index contributed by atoms with van der Waals surface area (Å²) in [5.74, 6) is -2.30. The number of hydrogen-bond acceptors (Lipinski definition) is 4. The van der Waals surface area contributed by atoms with E-state index in [4.69, 9.17) is 10.5 Å². The van der Waals surface area contributed by atoms with Crippen LogP contribution >= 0.6 is 12.2 Å². The number of alkyl halides is 3. The monoisotopic (exact) mass is 301 g/mol. The highest BCUT2D eigenvalue weighted by Gasteiger charge is 2.42. The highest BCUT2D eigenvalue weighted by molar-refractivity contribution is 7.80. The molecule has 19 heavy (non-hydrogen) atoms. The second kappa shape index (κ2) is 8.28. The standard InChI is InChI=1S/C10H18F3N3O2S/c1-16(6-8(17)15-3-4-18-2)5-7(9(14)19)10(11,12)13/h7H,3-6H2,1-2H3,(H2,14,19)(H,15,17). The van der Waals surface area contributed by atoms with Crippen molar-refractivity contribution in [1.29, 1.82) is 0 Å². The third-order valence-corrected chi connectivity index (χ3v) is 2.56. The SMILES string of the molecule is COCCNC(=O)CN(C)CC(C(N)=S)C(F)(F)F. The lowest BCUT2D eigenvalue weighted by molar-refractivity contribution is -0.159. The van der Waals surface area contributed by atoms with E-state index in [1.807, 2.05) is 0 Å². The van der Waals surface area contributed by atoms with Crippen molar-refractivity contribution in [3.05, 3.63) is 0 Å². The minimum Gasteiger partial charge on any atom is -0.393 e. The summed E-state index contributed by atoms with van der Waals surface area (Å²) in [5.41, 5.74) is 5.07. The number of amides is 1. The van der Waals surface area contributed by atoms with Gasteiger partial charge in [0.1, 0.15) is 5.92 Å². The molecule has 0 saturated heterocycles. The lowest BCUT2D eigenvalue weighted by Crippen LogP contribution is -2.45. The van der Waals surface area contributed by atoms with Crippen LogP contribution in [0.15, 0.2) is 0 Å². The minimum absolute atomic E-state index is 0.168. The topological polar surface area (TPSA) is 67.6 Å².